The lowest BCUT2D eigenvalue weighted by Crippen LogP contribution is -2.17. The molecular weight excluding hydrogens is 224 g/mol. The van der Waals surface area contributed by atoms with Gasteiger partial charge in [0, 0.05) is 23.1 Å². The second kappa shape index (κ2) is 5.32. The zero-order valence-electron chi connectivity index (χ0n) is 9.16. The van der Waals surface area contributed by atoms with Crippen molar-refractivity contribution >= 4 is 23.1 Å². The highest BCUT2D eigenvalue weighted by Crippen LogP contribution is 2.35. The van der Waals surface area contributed by atoms with E-state index in [9.17, 15) is 0 Å². The van der Waals surface area contributed by atoms with Crippen molar-refractivity contribution in [2.24, 2.45) is 5.73 Å². The Hall–Kier alpha value is -0.0600. The molecule has 84 valence electrons. The first-order chi connectivity index (χ1) is 7.35. The topological polar surface area (TPSA) is 38.9 Å². The van der Waals surface area contributed by atoms with Crippen LogP contribution in [-0.2, 0) is 12.2 Å². The number of aromatic nitrogens is 1. The van der Waals surface area contributed by atoms with Crippen LogP contribution in [0.4, 0.5) is 0 Å². The predicted molar refractivity (Wildman–Crippen MR) is 68.7 cm³/mol. The van der Waals surface area contributed by atoms with Crippen molar-refractivity contribution in [1.82, 2.24) is 4.98 Å². The zero-order valence-corrected chi connectivity index (χ0v) is 10.8. The quantitative estimate of drug-likeness (QED) is 0.882. The van der Waals surface area contributed by atoms with Gasteiger partial charge in [-0.1, -0.05) is 6.92 Å². The van der Waals surface area contributed by atoms with Crippen LogP contribution in [0, 0.1) is 0 Å². The minimum atomic E-state index is 0.533. The van der Waals surface area contributed by atoms with Gasteiger partial charge < -0.3 is 5.73 Å². The van der Waals surface area contributed by atoms with Gasteiger partial charge >= 0.3 is 0 Å². The third-order valence-electron chi connectivity index (χ3n) is 2.83. The summed E-state index contributed by atoms with van der Waals surface area (Å²) in [7, 11) is 0. The molecule has 1 heterocycles. The number of thiazole rings is 1. The highest BCUT2D eigenvalue weighted by Gasteiger charge is 2.23. The van der Waals surface area contributed by atoms with Crippen molar-refractivity contribution in [3.63, 3.8) is 0 Å². The minimum absolute atomic E-state index is 0.533. The first kappa shape index (κ1) is 11.4. The minimum Gasteiger partial charge on any atom is -0.330 e. The Morgan fingerprint density at radius 3 is 3.20 bits per heavy atom. The molecule has 4 heteroatoms. The maximum atomic E-state index is 5.79. The molecule has 1 aromatic heterocycles. The summed E-state index contributed by atoms with van der Waals surface area (Å²) in [5, 5.41) is 1.30. The molecule has 0 aromatic carbocycles. The predicted octanol–water partition coefficient (Wildman–Crippen LogP) is 2.77. The lowest BCUT2D eigenvalue weighted by molar-refractivity contribution is 0.553. The molecule has 0 fully saturated rings. The Kier molecular flexibility index (Phi) is 4.05. The first-order valence-electron chi connectivity index (χ1n) is 5.61. The second-order valence-electron chi connectivity index (χ2n) is 3.88. The van der Waals surface area contributed by atoms with Crippen molar-refractivity contribution < 1.29 is 0 Å². The van der Waals surface area contributed by atoms with E-state index in [0.717, 1.165) is 12.3 Å². The van der Waals surface area contributed by atoms with Crippen LogP contribution >= 0.6 is 23.1 Å². The molecular formula is C11H18N2S2. The lowest BCUT2D eigenvalue weighted by atomic mass is 9.91. The number of fused-ring (bicyclic) bond motifs is 1. The lowest BCUT2D eigenvalue weighted by Gasteiger charge is -2.18. The second-order valence-corrected chi connectivity index (χ2v) is 6.32. The number of rotatable bonds is 4. The van der Waals surface area contributed by atoms with E-state index in [1.807, 2.05) is 23.1 Å². The summed E-state index contributed by atoms with van der Waals surface area (Å²) in [4.78, 5) is 6.26. The molecule has 1 aromatic rings. The highest BCUT2D eigenvalue weighted by molar-refractivity contribution is 7.98. The average Bonchev–Trinajstić information content (AvgIpc) is 2.68. The highest BCUT2D eigenvalue weighted by atomic mass is 32.2. The van der Waals surface area contributed by atoms with E-state index in [1.165, 1.54) is 40.6 Å². The molecule has 0 radical (unpaired) electrons. The van der Waals surface area contributed by atoms with Crippen LogP contribution < -0.4 is 5.73 Å². The van der Waals surface area contributed by atoms with Crippen molar-refractivity contribution in [2.75, 3.05) is 12.3 Å². The molecule has 1 aliphatic carbocycles. The van der Waals surface area contributed by atoms with E-state index in [1.54, 1.807) is 0 Å². The standard InChI is InChI=1S/C11H18N2S2/c1-2-14-7-10-13-11-8(6-12)4-3-5-9(11)15-10/h8H,2-7,12H2,1H3. The Morgan fingerprint density at radius 2 is 2.47 bits per heavy atom. The molecule has 2 nitrogen and oxygen atoms in total. The Labute approximate surface area is 99.7 Å². The fraction of sp³-hybridized carbons (Fsp3) is 0.727. The van der Waals surface area contributed by atoms with Gasteiger partial charge in [0.15, 0.2) is 0 Å². The van der Waals surface area contributed by atoms with Crippen molar-refractivity contribution in [3.8, 4) is 0 Å². The summed E-state index contributed by atoms with van der Waals surface area (Å²) >= 11 is 3.86. The van der Waals surface area contributed by atoms with E-state index in [2.05, 4.69) is 6.92 Å². The summed E-state index contributed by atoms with van der Waals surface area (Å²) in [5.41, 5.74) is 7.11. The third-order valence-corrected chi connectivity index (χ3v) is 5.03. The van der Waals surface area contributed by atoms with E-state index < -0.39 is 0 Å². The molecule has 0 saturated carbocycles. The van der Waals surface area contributed by atoms with Gasteiger partial charge in [0.25, 0.3) is 0 Å². The number of aryl methyl sites for hydroxylation is 1. The zero-order chi connectivity index (χ0) is 10.7. The summed E-state index contributed by atoms with van der Waals surface area (Å²) in [6.45, 7) is 2.96. The maximum absolute atomic E-state index is 5.79. The molecule has 1 aliphatic rings. The third kappa shape index (κ3) is 2.55. The first-order valence-corrected chi connectivity index (χ1v) is 7.58. The van der Waals surface area contributed by atoms with E-state index in [4.69, 9.17) is 10.7 Å². The molecule has 2 N–H and O–H groups in total. The number of hydrogen-bond acceptors (Lipinski definition) is 4. The van der Waals surface area contributed by atoms with Gasteiger partial charge in [0.05, 0.1) is 5.69 Å². The Morgan fingerprint density at radius 1 is 1.60 bits per heavy atom. The number of hydrogen-bond donors (Lipinski definition) is 1. The molecule has 0 aliphatic heterocycles. The average molecular weight is 242 g/mol. The van der Waals surface area contributed by atoms with Crippen LogP contribution in [0.3, 0.4) is 0 Å². The molecule has 1 atom stereocenters. The number of nitrogens with two attached hydrogens (primary N) is 1. The number of thioether (sulfide) groups is 1. The van der Waals surface area contributed by atoms with Gasteiger partial charge in [-0.05, 0) is 25.0 Å². The van der Waals surface area contributed by atoms with Gasteiger partial charge in [-0.25, -0.2) is 4.98 Å². The van der Waals surface area contributed by atoms with Gasteiger partial charge in [-0.2, -0.15) is 11.8 Å². The molecule has 0 amide bonds. The Bertz CT molecular complexity index is 322. The Balaban J connectivity index is 2.14. The number of nitrogens with zero attached hydrogens (tertiary/aromatic N) is 1. The van der Waals surface area contributed by atoms with Gasteiger partial charge in [0.2, 0.25) is 0 Å². The largest absolute Gasteiger partial charge is 0.330 e. The van der Waals surface area contributed by atoms with Gasteiger partial charge in [-0.3, -0.25) is 0 Å². The van der Waals surface area contributed by atoms with Crippen molar-refractivity contribution in [2.45, 2.75) is 37.9 Å². The fourth-order valence-electron chi connectivity index (χ4n) is 2.04. The molecule has 0 bridgehead atoms. The van der Waals surface area contributed by atoms with Gasteiger partial charge in [0.1, 0.15) is 5.01 Å². The van der Waals surface area contributed by atoms with Crippen LogP contribution in [-0.4, -0.2) is 17.3 Å². The van der Waals surface area contributed by atoms with Crippen molar-refractivity contribution in [3.05, 3.63) is 15.6 Å². The van der Waals surface area contributed by atoms with E-state index in [0.29, 0.717) is 5.92 Å². The van der Waals surface area contributed by atoms with E-state index in [-0.39, 0.29) is 0 Å². The maximum Gasteiger partial charge on any atom is 0.103 e. The molecule has 0 saturated heterocycles. The monoisotopic (exact) mass is 242 g/mol. The molecule has 2 rings (SSSR count). The summed E-state index contributed by atoms with van der Waals surface area (Å²) in [5.74, 6) is 2.78. The normalized spacial score (nSPS) is 20.3. The van der Waals surface area contributed by atoms with Crippen LogP contribution in [0.2, 0.25) is 0 Å². The van der Waals surface area contributed by atoms with Crippen LogP contribution in [0.1, 0.15) is 41.3 Å². The smallest absolute Gasteiger partial charge is 0.103 e. The SMILES string of the molecule is CCSCc1nc2c(s1)CCCC2CN. The summed E-state index contributed by atoms with van der Waals surface area (Å²) in [6.07, 6.45) is 3.74. The van der Waals surface area contributed by atoms with Gasteiger partial charge in [-0.15, -0.1) is 11.3 Å². The van der Waals surface area contributed by atoms with E-state index >= 15 is 0 Å². The summed E-state index contributed by atoms with van der Waals surface area (Å²) in [6, 6.07) is 0. The van der Waals surface area contributed by atoms with Crippen LogP contribution in [0.5, 0.6) is 0 Å². The van der Waals surface area contributed by atoms with Crippen LogP contribution in [0.25, 0.3) is 0 Å². The fourth-order valence-corrected chi connectivity index (χ4v) is 3.96. The van der Waals surface area contributed by atoms with Crippen molar-refractivity contribution in [1.29, 1.82) is 0 Å². The molecule has 15 heavy (non-hydrogen) atoms. The molecule has 1 unspecified atom stereocenters. The summed E-state index contributed by atoms with van der Waals surface area (Å²) < 4.78 is 0. The molecule has 0 spiro atoms. The van der Waals surface area contributed by atoms with Crippen LogP contribution in [0.15, 0.2) is 0 Å².